The summed E-state index contributed by atoms with van der Waals surface area (Å²) in [6, 6.07) is 4.12. The fraction of sp³-hybridized carbons (Fsp3) is 0.389. The molecule has 0 saturated carbocycles. The molecule has 1 unspecified atom stereocenters. The van der Waals surface area contributed by atoms with Crippen LogP contribution in [0.1, 0.15) is 18.5 Å². The van der Waals surface area contributed by atoms with Crippen LogP contribution in [0.3, 0.4) is 0 Å². The first kappa shape index (κ1) is 24.3. The SMILES string of the molecule is CC(=O)Nc1ccc(O)c(C(C(=O)O)N(CC#N)CCN(CC(=O)O)CC(=O)O)c1. The molecule has 12 nitrogen and oxygen atoms in total. The van der Waals surface area contributed by atoms with E-state index < -0.39 is 49.5 Å². The number of aromatic hydroxyl groups is 1. The fourth-order valence-electron chi connectivity index (χ4n) is 2.80. The first-order chi connectivity index (χ1) is 14.0. The molecule has 0 spiro atoms. The Bertz CT molecular complexity index is 835. The molecule has 30 heavy (non-hydrogen) atoms. The van der Waals surface area contributed by atoms with Crippen LogP contribution < -0.4 is 5.32 Å². The molecule has 0 aliphatic heterocycles. The number of carbonyl (C=O) groups excluding carboxylic acids is 1. The number of rotatable bonds is 12. The van der Waals surface area contributed by atoms with Crippen LogP contribution in [-0.2, 0) is 19.2 Å². The number of carboxylic acids is 3. The number of hydrogen-bond acceptors (Lipinski definition) is 8. The van der Waals surface area contributed by atoms with Gasteiger partial charge in [0.25, 0.3) is 0 Å². The minimum absolute atomic E-state index is 0.0907. The smallest absolute Gasteiger partial charge is 0.325 e. The molecule has 0 bridgehead atoms. The largest absolute Gasteiger partial charge is 0.508 e. The van der Waals surface area contributed by atoms with Crippen LogP contribution in [0.25, 0.3) is 0 Å². The van der Waals surface area contributed by atoms with Crippen LogP contribution in [-0.4, -0.2) is 86.8 Å². The van der Waals surface area contributed by atoms with Gasteiger partial charge in [-0.15, -0.1) is 0 Å². The van der Waals surface area contributed by atoms with Crippen molar-refractivity contribution in [1.29, 1.82) is 5.26 Å². The van der Waals surface area contributed by atoms with E-state index in [-0.39, 0.29) is 30.1 Å². The Hall–Kier alpha value is -3.69. The van der Waals surface area contributed by atoms with Crippen LogP contribution >= 0.6 is 0 Å². The number of aliphatic carboxylic acids is 3. The first-order valence-corrected chi connectivity index (χ1v) is 8.65. The highest BCUT2D eigenvalue weighted by atomic mass is 16.4. The van der Waals surface area contributed by atoms with Crippen LogP contribution in [0.4, 0.5) is 5.69 Å². The Labute approximate surface area is 171 Å². The molecule has 0 aliphatic carbocycles. The zero-order chi connectivity index (χ0) is 22.8. The molecule has 12 heteroatoms. The third-order valence-corrected chi connectivity index (χ3v) is 3.94. The molecule has 1 aromatic carbocycles. The fourth-order valence-corrected chi connectivity index (χ4v) is 2.80. The second kappa shape index (κ2) is 11.3. The second-order valence-corrected chi connectivity index (χ2v) is 6.32. The van der Waals surface area contributed by atoms with E-state index in [1.54, 1.807) is 6.07 Å². The molecule has 0 radical (unpaired) electrons. The predicted octanol–water partition coefficient (Wildman–Crippen LogP) is -0.227. The quantitative estimate of drug-likeness (QED) is 0.221. The number of carbonyl (C=O) groups is 4. The average molecular weight is 422 g/mol. The zero-order valence-corrected chi connectivity index (χ0v) is 16.1. The third-order valence-electron chi connectivity index (χ3n) is 3.94. The molecule has 1 atom stereocenters. The number of phenols is 1. The van der Waals surface area contributed by atoms with Gasteiger partial charge in [-0.05, 0) is 18.2 Å². The number of hydrogen-bond donors (Lipinski definition) is 5. The Morgan fingerprint density at radius 2 is 1.70 bits per heavy atom. The van der Waals surface area contributed by atoms with E-state index in [4.69, 9.17) is 15.5 Å². The summed E-state index contributed by atoms with van der Waals surface area (Å²) < 4.78 is 0. The van der Waals surface area contributed by atoms with Crippen molar-refractivity contribution in [1.82, 2.24) is 9.80 Å². The highest BCUT2D eigenvalue weighted by Gasteiger charge is 2.30. The number of nitrogens with one attached hydrogen (secondary N) is 1. The van der Waals surface area contributed by atoms with Crippen molar-refractivity contribution in [2.45, 2.75) is 13.0 Å². The van der Waals surface area contributed by atoms with Crippen LogP contribution in [0.2, 0.25) is 0 Å². The van der Waals surface area contributed by atoms with Gasteiger partial charge in [-0.3, -0.25) is 29.0 Å². The van der Waals surface area contributed by atoms with Crippen LogP contribution in [0, 0.1) is 11.3 Å². The molecule has 0 fully saturated rings. The number of nitriles is 1. The molecule has 162 valence electrons. The van der Waals surface area contributed by atoms with Crippen molar-refractivity contribution in [2.75, 3.05) is 38.0 Å². The Morgan fingerprint density at radius 1 is 1.10 bits per heavy atom. The van der Waals surface area contributed by atoms with Gasteiger partial charge in [-0.25, -0.2) is 0 Å². The lowest BCUT2D eigenvalue weighted by atomic mass is 10.0. The number of anilines is 1. The second-order valence-electron chi connectivity index (χ2n) is 6.32. The van der Waals surface area contributed by atoms with E-state index in [2.05, 4.69) is 5.32 Å². The van der Waals surface area contributed by atoms with Gasteiger partial charge in [0.15, 0.2) is 0 Å². The van der Waals surface area contributed by atoms with Crippen molar-refractivity contribution in [2.24, 2.45) is 0 Å². The van der Waals surface area contributed by atoms with Gasteiger partial charge >= 0.3 is 17.9 Å². The molecule has 1 aromatic rings. The van der Waals surface area contributed by atoms with Gasteiger partial charge < -0.3 is 25.7 Å². The lowest BCUT2D eigenvalue weighted by Gasteiger charge is -2.29. The maximum Gasteiger partial charge on any atom is 0.325 e. The Morgan fingerprint density at radius 3 is 2.17 bits per heavy atom. The van der Waals surface area contributed by atoms with E-state index in [1.165, 1.54) is 25.1 Å². The first-order valence-electron chi connectivity index (χ1n) is 8.65. The van der Waals surface area contributed by atoms with Crippen molar-refractivity contribution in [3.8, 4) is 11.8 Å². The summed E-state index contributed by atoms with van der Waals surface area (Å²) in [6.45, 7) is -0.649. The monoisotopic (exact) mass is 422 g/mol. The maximum absolute atomic E-state index is 12.0. The summed E-state index contributed by atoms with van der Waals surface area (Å²) in [5, 5.41) is 49.3. The van der Waals surface area contributed by atoms with Crippen molar-refractivity contribution >= 4 is 29.5 Å². The summed E-state index contributed by atoms with van der Waals surface area (Å²) in [7, 11) is 0. The van der Waals surface area contributed by atoms with Crippen LogP contribution in [0.5, 0.6) is 5.75 Å². The van der Waals surface area contributed by atoms with E-state index in [9.17, 15) is 29.4 Å². The summed E-state index contributed by atoms with van der Waals surface area (Å²) in [5.74, 6) is -4.72. The summed E-state index contributed by atoms with van der Waals surface area (Å²) in [5.41, 5.74) is 0.142. The normalized spacial score (nSPS) is 11.7. The van der Waals surface area contributed by atoms with E-state index >= 15 is 0 Å². The summed E-state index contributed by atoms with van der Waals surface area (Å²) in [6.07, 6.45) is 0. The Balaban J connectivity index is 3.20. The topological polar surface area (TPSA) is 191 Å². The zero-order valence-electron chi connectivity index (χ0n) is 16.1. The number of nitrogens with zero attached hydrogens (tertiary/aromatic N) is 3. The molecule has 1 rings (SSSR count). The van der Waals surface area contributed by atoms with E-state index in [0.717, 1.165) is 9.80 Å². The molecule has 0 heterocycles. The van der Waals surface area contributed by atoms with E-state index in [0.29, 0.717) is 0 Å². The molecule has 0 saturated heterocycles. The van der Waals surface area contributed by atoms with Gasteiger partial charge in [-0.1, -0.05) is 0 Å². The van der Waals surface area contributed by atoms with Gasteiger partial charge in [0.05, 0.1) is 25.7 Å². The highest BCUT2D eigenvalue weighted by molar-refractivity contribution is 5.89. The molecule has 0 aromatic heterocycles. The lowest BCUT2D eigenvalue weighted by molar-refractivity contribution is -0.145. The number of carboxylic acid groups (broad SMARTS) is 3. The third kappa shape index (κ3) is 7.74. The van der Waals surface area contributed by atoms with Gasteiger partial charge in [0.2, 0.25) is 5.91 Å². The van der Waals surface area contributed by atoms with Crippen molar-refractivity contribution < 1.29 is 39.6 Å². The highest BCUT2D eigenvalue weighted by Crippen LogP contribution is 2.31. The maximum atomic E-state index is 12.0. The van der Waals surface area contributed by atoms with Crippen molar-refractivity contribution in [3.05, 3.63) is 23.8 Å². The molecule has 1 amide bonds. The average Bonchev–Trinajstić information content (AvgIpc) is 2.60. The van der Waals surface area contributed by atoms with E-state index in [1.807, 2.05) is 0 Å². The van der Waals surface area contributed by atoms with Gasteiger partial charge in [0, 0.05) is 31.3 Å². The molecule has 5 N–H and O–H groups in total. The minimum atomic E-state index is -1.50. The van der Waals surface area contributed by atoms with Crippen molar-refractivity contribution in [3.63, 3.8) is 0 Å². The number of phenolic OH excluding ortho intramolecular Hbond substituents is 1. The van der Waals surface area contributed by atoms with Gasteiger partial charge in [0.1, 0.15) is 11.8 Å². The Kier molecular flexibility index (Phi) is 9.21. The predicted molar refractivity (Wildman–Crippen MR) is 102 cm³/mol. The standard InChI is InChI=1S/C18H22N4O8/c1-11(23)20-12-2-3-14(24)13(8-12)17(18(29)30)22(5-4-19)7-6-21(9-15(25)26)10-16(27)28/h2-3,8,17,24H,5-7,9-10H2,1H3,(H,20,23)(H,25,26)(H,27,28)(H,29,30). The molecule has 0 aliphatic rings. The number of amides is 1. The molecular weight excluding hydrogens is 400 g/mol. The summed E-state index contributed by atoms with van der Waals surface area (Å²) >= 11 is 0. The minimum Gasteiger partial charge on any atom is -0.508 e. The lowest BCUT2D eigenvalue weighted by Crippen LogP contribution is -2.43. The van der Waals surface area contributed by atoms with Crippen LogP contribution in [0.15, 0.2) is 18.2 Å². The number of benzene rings is 1. The summed E-state index contributed by atoms with van der Waals surface area (Å²) in [4.78, 5) is 47.3. The molecular formula is C18H22N4O8. The van der Waals surface area contributed by atoms with Gasteiger partial charge in [-0.2, -0.15) is 5.26 Å².